The van der Waals surface area contributed by atoms with Crippen LogP contribution < -0.4 is 9.46 Å². The molecule has 1 N–H and O–H groups in total. The van der Waals surface area contributed by atoms with E-state index >= 15 is 0 Å². The maximum absolute atomic E-state index is 12.2. The number of hydrogen-bond acceptors (Lipinski definition) is 4. The van der Waals surface area contributed by atoms with E-state index in [0.717, 1.165) is 12.8 Å². The first-order valence-electron chi connectivity index (χ1n) is 7.68. The first-order valence-corrected chi connectivity index (χ1v) is 9.33. The van der Waals surface area contributed by atoms with Crippen LogP contribution in [0.4, 0.5) is 5.69 Å². The van der Waals surface area contributed by atoms with E-state index in [1.807, 2.05) is 6.92 Å². The first-order chi connectivity index (χ1) is 10.8. The highest BCUT2D eigenvalue weighted by Crippen LogP contribution is 2.18. The van der Waals surface area contributed by atoms with Crippen LogP contribution in [0.3, 0.4) is 0 Å². The molecule has 0 saturated heterocycles. The maximum Gasteiger partial charge on any atom is 0.233 e. The number of rotatable bonds is 9. The normalized spacial score (nSPS) is 12.5. The number of sulfonamides is 1. The molecule has 130 valence electrons. The second-order valence-electron chi connectivity index (χ2n) is 5.63. The van der Waals surface area contributed by atoms with Gasteiger partial charge in [-0.15, -0.1) is 0 Å². The van der Waals surface area contributed by atoms with Gasteiger partial charge in [0.05, 0.1) is 24.5 Å². The summed E-state index contributed by atoms with van der Waals surface area (Å²) in [6, 6.07) is 6.66. The fraction of sp³-hybridized carbons (Fsp3) is 0.562. The summed E-state index contributed by atoms with van der Waals surface area (Å²) in [5, 5.41) is 0. The van der Waals surface area contributed by atoms with Crippen LogP contribution in [0.1, 0.15) is 26.7 Å². The molecule has 0 heterocycles. The zero-order valence-electron chi connectivity index (χ0n) is 14.2. The summed E-state index contributed by atoms with van der Waals surface area (Å²) in [4.78, 5) is 13.8. The topological polar surface area (TPSA) is 75.7 Å². The largest absolute Gasteiger partial charge is 0.497 e. The molecule has 23 heavy (non-hydrogen) atoms. The molecule has 6 nitrogen and oxygen atoms in total. The molecule has 1 aromatic carbocycles. The van der Waals surface area contributed by atoms with Crippen molar-refractivity contribution in [3.8, 4) is 5.75 Å². The minimum absolute atomic E-state index is 0.158. The van der Waals surface area contributed by atoms with Gasteiger partial charge in [-0.25, -0.2) is 8.42 Å². The van der Waals surface area contributed by atoms with Crippen molar-refractivity contribution in [1.82, 2.24) is 4.90 Å². The Morgan fingerprint density at radius 3 is 2.70 bits per heavy atom. The number of carbonyl (C=O) groups is 1. The predicted molar refractivity (Wildman–Crippen MR) is 92.1 cm³/mol. The number of unbranched alkanes of at least 4 members (excludes halogenated alkanes) is 1. The summed E-state index contributed by atoms with van der Waals surface area (Å²) in [5.74, 6) is -0.442. The quantitative estimate of drug-likeness (QED) is 0.747. The van der Waals surface area contributed by atoms with E-state index in [9.17, 15) is 13.2 Å². The molecule has 1 aromatic rings. The molecule has 0 radical (unpaired) electrons. The molecule has 0 saturated carbocycles. The first kappa shape index (κ1) is 19.3. The summed E-state index contributed by atoms with van der Waals surface area (Å²) in [6.45, 7) is 4.32. The molecule has 7 heteroatoms. The average molecular weight is 342 g/mol. The zero-order valence-corrected chi connectivity index (χ0v) is 15.0. The number of hydrogen-bond donors (Lipinski definition) is 1. The third-order valence-corrected chi connectivity index (χ3v) is 4.94. The average Bonchev–Trinajstić information content (AvgIpc) is 2.50. The standard InChI is InChI=1S/C16H26N2O4S/c1-5-6-10-18(3)16(19)13(2)12-23(20,21)17-14-8-7-9-15(11-14)22-4/h7-9,11,13,17H,5-6,10,12H2,1-4H3. The van der Waals surface area contributed by atoms with Crippen LogP contribution in [-0.2, 0) is 14.8 Å². The van der Waals surface area contributed by atoms with Gasteiger partial charge in [-0.05, 0) is 18.6 Å². The molecule has 0 aliphatic rings. The lowest BCUT2D eigenvalue weighted by molar-refractivity contribution is -0.133. The van der Waals surface area contributed by atoms with Gasteiger partial charge >= 0.3 is 0 Å². The molecule has 0 spiro atoms. The Labute approximate surface area is 138 Å². The van der Waals surface area contributed by atoms with E-state index in [4.69, 9.17) is 4.74 Å². The SMILES string of the molecule is CCCCN(C)C(=O)C(C)CS(=O)(=O)Nc1cccc(OC)c1. The van der Waals surface area contributed by atoms with Crippen LogP contribution in [0.25, 0.3) is 0 Å². The van der Waals surface area contributed by atoms with E-state index in [1.54, 1.807) is 43.1 Å². The molecule has 1 amide bonds. The number of nitrogens with one attached hydrogen (secondary N) is 1. The second kappa shape index (κ2) is 8.76. The lowest BCUT2D eigenvalue weighted by atomic mass is 10.2. The van der Waals surface area contributed by atoms with Crippen LogP contribution >= 0.6 is 0 Å². The third kappa shape index (κ3) is 6.48. The summed E-state index contributed by atoms with van der Waals surface area (Å²) in [6.07, 6.45) is 1.89. The maximum atomic E-state index is 12.2. The number of benzene rings is 1. The lowest BCUT2D eigenvalue weighted by Gasteiger charge is -2.21. The summed E-state index contributed by atoms with van der Waals surface area (Å²) >= 11 is 0. The molecule has 1 unspecified atom stereocenters. The monoisotopic (exact) mass is 342 g/mol. The summed E-state index contributed by atoms with van der Waals surface area (Å²) in [7, 11) is -0.392. The molecular weight excluding hydrogens is 316 g/mol. The zero-order chi connectivity index (χ0) is 17.5. The van der Waals surface area contributed by atoms with Crippen molar-refractivity contribution in [2.75, 3.05) is 31.2 Å². The van der Waals surface area contributed by atoms with Crippen molar-refractivity contribution < 1.29 is 17.9 Å². The molecule has 0 bridgehead atoms. The number of nitrogens with zero attached hydrogens (tertiary/aromatic N) is 1. The van der Waals surface area contributed by atoms with Crippen molar-refractivity contribution >= 4 is 21.6 Å². The minimum atomic E-state index is -3.61. The van der Waals surface area contributed by atoms with Crippen molar-refractivity contribution in [3.63, 3.8) is 0 Å². The Morgan fingerprint density at radius 2 is 2.09 bits per heavy atom. The smallest absolute Gasteiger partial charge is 0.233 e. The molecular formula is C16H26N2O4S. The van der Waals surface area contributed by atoms with Crippen LogP contribution in [0.5, 0.6) is 5.75 Å². The van der Waals surface area contributed by atoms with E-state index in [-0.39, 0.29) is 11.7 Å². The number of amides is 1. The summed E-state index contributed by atoms with van der Waals surface area (Å²) in [5.41, 5.74) is 0.420. The van der Waals surface area contributed by atoms with E-state index < -0.39 is 15.9 Å². The van der Waals surface area contributed by atoms with Crippen molar-refractivity contribution in [2.24, 2.45) is 5.92 Å². The van der Waals surface area contributed by atoms with Crippen LogP contribution in [0, 0.1) is 5.92 Å². The van der Waals surface area contributed by atoms with Gasteiger partial charge in [0.2, 0.25) is 15.9 Å². The molecule has 0 aliphatic carbocycles. The molecule has 1 atom stereocenters. The Balaban J connectivity index is 2.68. The highest BCUT2D eigenvalue weighted by atomic mass is 32.2. The van der Waals surface area contributed by atoms with Crippen molar-refractivity contribution in [2.45, 2.75) is 26.7 Å². The van der Waals surface area contributed by atoms with Gasteiger partial charge in [-0.1, -0.05) is 26.3 Å². The lowest BCUT2D eigenvalue weighted by Crippen LogP contribution is -2.36. The van der Waals surface area contributed by atoms with E-state index in [0.29, 0.717) is 18.0 Å². The highest BCUT2D eigenvalue weighted by molar-refractivity contribution is 7.92. The fourth-order valence-electron chi connectivity index (χ4n) is 2.19. The van der Waals surface area contributed by atoms with Crippen molar-refractivity contribution in [1.29, 1.82) is 0 Å². The van der Waals surface area contributed by atoms with Gasteiger partial charge in [-0.3, -0.25) is 9.52 Å². The van der Waals surface area contributed by atoms with Gasteiger partial charge in [0.25, 0.3) is 0 Å². The summed E-state index contributed by atoms with van der Waals surface area (Å²) < 4.78 is 32.0. The van der Waals surface area contributed by atoms with Crippen LogP contribution in [-0.4, -0.2) is 45.7 Å². The second-order valence-corrected chi connectivity index (χ2v) is 7.40. The van der Waals surface area contributed by atoms with Crippen LogP contribution in [0.15, 0.2) is 24.3 Å². The molecule has 0 aliphatic heterocycles. The van der Waals surface area contributed by atoms with Gasteiger partial charge in [0, 0.05) is 19.7 Å². The number of carbonyl (C=O) groups excluding carboxylic acids is 1. The van der Waals surface area contributed by atoms with Gasteiger partial charge in [-0.2, -0.15) is 0 Å². The molecule has 0 fully saturated rings. The van der Waals surface area contributed by atoms with Gasteiger partial charge < -0.3 is 9.64 Å². The highest BCUT2D eigenvalue weighted by Gasteiger charge is 2.24. The third-order valence-electron chi connectivity index (χ3n) is 3.46. The van der Waals surface area contributed by atoms with E-state index in [1.165, 1.54) is 7.11 Å². The van der Waals surface area contributed by atoms with Crippen LogP contribution in [0.2, 0.25) is 0 Å². The van der Waals surface area contributed by atoms with Crippen molar-refractivity contribution in [3.05, 3.63) is 24.3 Å². The predicted octanol–water partition coefficient (Wildman–Crippen LogP) is 2.33. The Bertz CT molecular complexity index is 616. The minimum Gasteiger partial charge on any atom is -0.497 e. The Morgan fingerprint density at radius 1 is 1.39 bits per heavy atom. The Kier molecular flexibility index (Phi) is 7.35. The number of methoxy groups -OCH3 is 1. The van der Waals surface area contributed by atoms with Gasteiger partial charge in [0.1, 0.15) is 5.75 Å². The number of anilines is 1. The molecule has 0 aromatic heterocycles. The van der Waals surface area contributed by atoms with E-state index in [2.05, 4.69) is 4.72 Å². The number of ether oxygens (including phenoxy) is 1. The van der Waals surface area contributed by atoms with Gasteiger partial charge in [0.15, 0.2) is 0 Å². The Hall–Kier alpha value is -1.76. The molecule has 1 rings (SSSR count). The fourth-order valence-corrected chi connectivity index (χ4v) is 3.56.